The molecule has 1 aromatic heterocycles. The summed E-state index contributed by atoms with van der Waals surface area (Å²) in [6, 6.07) is 0.350. The van der Waals surface area contributed by atoms with Crippen molar-refractivity contribution in [1.82, 2.24) is 14.8 Å². The van der Waals surface area contributed by atoms with Gasteiger partial charge in [0.2, 0.25) is 11.9 Å². The molecule has 0 bridgehead atoms. The zero-order valence-corrected chi connectivity index (χ0v) is 17.5. The molecule has 0 saturated heterocycles. The number of carbonyl (C=O) groups is 1. The Balaban J connectivity index is 1.61. The van der Waals surface area contributed by atoms with E-state index in [1.54, 1.807) is 0 Å². The number of rotatable bonds is 2. The van der Waals surface area contributed by atoms with Crippen molar-refractivity contribution in [3.05, 3.63) is 5.82 Å². The molecular weight excluding hydrogens is 348 g/mol. The highest BCUT2D eigenvalue weighted by molar-refractivity contribution is 5.94. The highest BCUT2D eigenvalue weighted by Gasteiger charge is 2.55. The lowest BCUT2D eigenvalue weighted by atomic mass is 9.64. The molecule has 5 rings (SSSR count). The first-order valence-electron chi connectivity index (χ1n) is 12.0. The van der Waals surface area contributed by atoms with Crippen LogP contribution in [0, 0.1) is 11.8 Å². The molecule has 2 heterocycles. The Hall–Kier alpha value is -1.39. The second-order valence-electron chi connectivity index (χ2n) is 9.76. The van der Waals surface area contributed by atoms with E-state index in [0.717, 1.165) is 37.5 Å². The summed E-state index contributed by atoms with van der Waals surface area (Å²) in [5.41, 5.74) is 0.114. The number of carbonyl (C=O) groups excluding carboxylic acids is 1. The number of hydrogen-bond donors (Lipinski definition) is 0. The molecule has 1 aromatic rings. The molecule has 0 radical (unpaired) electrons. The summed E-state index contributed by atoms with van der Waals surface area (Å²) in [5.74, 6) is 2.94. The summed E-state index contributed by atoms with van der Waals surface area (Å²) in [6.07, 6.45) is 18.0. The van der Waals surface area contributed by atoms with Gasteiger partial charge in [-0.2, -0.15) is 10.1 Å². The van der Waals surface area contributed by atoms with Crippen LogP contribution in [0.15, 0.2) is 0 Å². The molecule has 3 fully saturated rings. The first kappa shape index (κ1) is 18.6. The molecule has 0 aromatic carbocycles. The van der Waals surface area contributed by atoms with Gasteiger partial charge in [0.25, 0.3) is 0 Å². The van der Waals surface area contributed by atoms with Crippen molar-refractivity contribution in [2.24, 2.45) is 11.8 Å². The van der Waals surface area contributed by atoms with Crippen LogP contribution in [0.3, 0.4) is 0 Å². The van der Waals surface area contributed by atoms with Crippen LogP contribution < -0.4 is 4.90 Å². The van der Waals surface area contributed by atoms with Crippen LogP contribution in [0.5, 0.6) is 0 Å². The Bertz CT molecular complexity index is 714. The molecule has 0 N–H and O–H groups in total. The third kappa shape index (κ3) is 2.83. The van der Waals surface area contributed by atoms with Gasteiger partial charge >= 0.3 is 0 Å². The maximum absolute atomic E-state index is 13.8. The van der Waals surface area contributed by atoms with E-state index in [0.29, 0.717) is 17.9 Å². The van der Waals surface area contributed by atoms with Crippen LogP contribution in [-0.2, 0) is 16.8 Å². The van der Waals surface area contributed by atoms with E-state index in [4.69, 9.17) is 10.1 Å². The van der Waals surface area contributed by atoms with Gasteiger partial charge in [-0.05, 0) is 38.5 Å². The maximum atomic E-state index is 13.8. The molecule has 2 atom stereocenters. The summed E-state index contributed by atoms with van der Waals surface area (Å²) < 4.78 is 2.28. The quantitative estimate of drug-likeness (QED) is 0.722. The van der Waals surface area contributed by atoms with E-state index in [1.807, 2.05) is 0 Å². The molecule has 5 nitrogen and oxygen atoms in total. The van der Waals surface area contributed by atoms with Crippen LogP contribution >= 0.6 is 0 Å². The molecule has 5 heteroatoms. The number of aryl methyl sites for hydroxylation is 1. The number of hydrogen-bond acceptors (Lipinski definition) is 3. The molecule has 2 unspecified atom stereocenters. The fourth-order valence-electron chi connectivity index (χ4n) is 6.86. The van der Waals surface area contributed by atoms with Gasteiger partial charge in [-0.25, -0.2) is 4.68 Å². The van der Waals surface area contributed by atoms with Crippen molar-refractivity contribution < 1.29 is 4.79 Å². The molecule has 1 amide bonds. The summed E-state index contributed by atoms with van der Waals surface area (Å²) in [5, 5.41) is 5.03. The fourth-order valence-corrected chi connectivity index (χ4v) is 6.86. The van der Waals surface area contributed by atoms with Gasteiger partial charge in [0, 0.05) is 24.3 Å². The lowest BCUT2D eigenvalue weighted by Crippen LogP contribution is -2.62. The Morgan fingerprint density at radius 3 is 2.39 bits per heavy atom. The Kier molecular flexibility index (Phi) is 4.96. The van der Waals surface area contributed by atoms with Gasteiger partial charge in [0.05, 0.1) is 5.54 Å². The molecule has 28 heavy (non-hydrogen) atoms. The number of nitrogens with zero attached hydrogens (tertiary/aromatic N) is 4. The molecule has 3 saturated carbocycles. The lowest BCUT2D eigenvalue weighted by Gasteiger charge is -2.55. The zero-order valence-electron chi connectivity index (χ0n) is 17.5. The topological polar surface area (TPSA) is 51.0 Å². The van der Waals surface area contributed by atoms with Crippen LogP contribution in [-0.4, -0.2) is 26.7 Å². The largest absolute Gasteiger partial charge is 0.277 e. The van der Waals surface area contributed by atoms with Crippen molar-refractivity contribution >= 4 is 11.9 Å². The van der Waals surface area contributed by atoms with E-state index in [2.05, 4.69) is 16.5 Å². The van der Waals surface area contributed by atoms with Crippen molar-refractivity contribution in [3.63, 3.8) is 0 Å². The predicted octanol–water partition coefficient (Wildman–Crippen LogP) is 4.99. The standard InChI is InChI=1S/C23H36N4O/c1-2-20-24-22-26(21(28)17-11-5-3-6-12-17)19-14-8-7-13-18(19)23(27(22)25-20)15-9-4-10-16-23/h17-19H,2-16H2,1H3. The van der Waals surface area contributed by atoms with Crippen molar-refractivity contribution in [1.29, 1.82) is 0 Å². The number of anilines is 1. The first-order chi connectivity index (χ1) is 13.7. The third-order valence-corrected chi connectivity index (χ3v) is 8.25. The monoisotopic (exact) mass is 384 g/mol. The minimum absolute atomic E-state index is 0.114. The number of fused-ring (bicyclic) bond motifs is 4. The summed E-state index contributed by atoms with van der Waals surface area (Å²) in [7, 11) is 0. The fraction of sp³-hybridized carbons (Fsp3) is 0.870. The van der Waals surface area contributed by atoms with Crippen molar-refractivity contribution in [2.45, 2.75) is 115 Å². The number of amides is 1. The van der Waals surface area contributed by atoms with Crippen LogP contribution in [0.2, 0.25) is 0 Å². The lowest BCUT2D eigenvalue weighted by molar-refractivity contribution is -0.125. The number of aromatic nitrogens is 3. The predicted molar refractivity (Wildman–Crippen MR) is 110 cm³/mol. The second-order valence-corrected chi connectivity index (χ2v) is 9.76. The molecule has 4 aliphatic rings. The smallest absolute Gasteiger partial charge is 0.232 e. The van der Waals surface area contributed by atoms with E-state index < -0.39 is 0 Å². The maximum Gasteiger partial charge on any atom is 0.232 e. The first-order valence-corrected chi connectivity index (χ1v) is 12.0. The second kappa shape index (κ2) is 7.46. The Morgan fingerprint density at radius 2 is 1.64 bits per heavy atom. The Labute approximate surface area is 169 Å². The summed E-state index contributed by atoms with van der Waals surface area (Å²) >= 11 is 0. The van der Waals surface area contributed by atoms with Crippen molar-refractivity contribution in [3.8, 4) is 0 Å². The van der Waals surface area contributed by atoms with E-state index >= 15 is 0 Å². The SMILES string of the molecule is CCc1nc2n(n1)C1(CCCCC1)C1CCCCC1N2C(=O)C1CCCCC1. The van der Waals surface area contributed by atoms with Gasteiger partial charge in [0.15, 0.2) is 5.82 Å². The average molecular weight is 385 g/mol. The minimum atomic E-state index is 0.114. The molecular formula is C23H36N4O. The van der Waals surface area contributed by atoms with Gasteiger partial charge in [-0.1, -0.05) is 58.3 Å². The minimum Gasteiger partial charge on any atom is -0.277 e. The molecule has 154 valence electrons. The van der Waals surface area contributed by atoms with Gasteiger partial charge < -0.3 is 0 Å². The van der Waals surface area contributed by atoms with Gasteiger partial charge in [-0.3, -0.25) is 9.69 Å². The molecule has 3 aliphatic carbocycles. The van der Waals surface area contributed by atoms with Gasteiger partial charge in [-0.15, -0.1) is 0 Å². The van der Waals surface area contributed by atoms with E-state index in [9.17, 15) is 4.79 Å². The summed E-state index contributed by atoms with van der Waals surface area (Å²) in [6.45, 7) is 2.13. The van der Waals surface area contributed by atoms with E-state index in [1.165, 1.54) is 70.6 Å². The summed E-state index contributed by atoms with van der Waals surface area (Å²) in [4.78, 5) is 20.9. The van der Waals surface area contributed by atoms with E-state index in [-0.39, 0.29) is 11.5 Å². The molecule has 1 aliphatic heterocycles. The third-order valence-electron chi connectivity index (χ3n) is 8.25. The van der Waals surface area contributed by atoms with Crippen LogP contribution in [0.4, 0.5) is 5.95 Å². The Morgan fingerprint density at radius 1 is 0.964 bits per heavy atom. The van der Waals surface area contributed by atoms with Crippen molar-refractivity contribution in [2.75, 3.05) is 4.90 Å². The highest BCUT2D eigenvalue weighted by atomic mass is 16.2. The van der Waals surface area contributed by atoms with Crippen LogP contribution in [0.25, 0.3) is 0 Å². The highest BCUT2D eigenvalue weighted by Crippen LogP contribution is 2.53. The zero-order chi connectivity index (χ0) is 19.1. The molecule has 1 spiro atoms. The average Bonchev–Trinajstić information content (AvgIpc) is 3.20. The van der Waals surface area contributed by atoms with Crippen LogP contribution in [0.1, 0.15) is 103 Å². The normalized spacial score (nSPS) is 30.1. The van der Waals surface area contributed by atoms with Gasteiger partial charge in [0.1, 0.15) is 0 Å².